The number of hydrogen-bond donors (Lipinski definition) is 3. The van der Waals surface area contributed by atoms with Gasteiger partial charge >= 0.3 is 0 Å². The van der Waals surface area contributed by atoms with Gasteiger partial charge in [0.05, 0.1) is 12.8 Å². The Morgan fingerprint density at radius 1 is 1.17 bits per heavy atom. The van der Waals surface area contributed by atoms with Crippen LogP contribution in [0.25, 0.3) is 5.69 Å². The van der Waals surface area contributed by atoms with Crippen molar-refractivity contribution < 1.29 is 9.84 Å². The van der Waals surface area contributed by atoms with Crippen LogP contribution in [0.3, 0.4) is 0 Å². The monoisotopic (exact) mass is 499 g/mol. The predicted octanol–water partition coefficient (Wildman–Crippen LogP) is 2.90. The van der Waals surface area contributed by atoms with Crippen LogP contribution in [0.4, 0.5) is 17.5 Å². The lowest BCUT2D eigenvalue weighted by Gasteiger charge is -2.44. The summed E-state index contributed by atoms with van der Waals surface area (Å²) in [5, 5.41) is 27.7. The SMILES string of the molecule is OCCOc1ccc(Nc2ncc(Cl)c(NC[C@@H]3CCCN4CCCCC34)n2)cc1-n1cnnn1. The number of aliphatic hydroxyl groups excluding tert-OH is 1. The van der Waals surface area contributed by atoms with Crippen LogP contribution in [0.1, 0.15) is 32.1 Å². The van der Waals surface area contributed by atoms with E-state index in [2.05, 4.69) is 41.0 Å². The molecule has 2 atom stereocenters. The number of benzene rings is 1. The van der Waals surface area contributed by atoms with E-state index in [-0.39, 0.29) is 13.2 Å². The van der Waals surface area contributed by atoms with E-state index in [9.17, 15) is 0 Å². The summed E-state index contributed by atoms with van der Waals surface area (Å²) < 4.78 is 7.11. The molecule has 0 bridgehead atoms. The van der Waals surface area contributed by atoms with Crippen molar-refractivity contribution in [3.8, 4) is 11.4 Å². The summed E-state index contributed by atoms with van der Waals surface area (Å²) in [6, 6.07) is 6.10. The number of nitrogens with one attached hydrogen (secondary N) is 2. The van der Waals surface area contributed by atoms with Crippen LogP contribution < -0.4 is 15.4 Å². The molecular weight excluding hydrogens is 470 g/mol. The second-order valence-electron chi connectivity index (χ2n) is 8.91. The van der Waals surface area contributed by atoms with Gasteiger partial charge in [0.2, 0.25) is 5.95 Å². The lowest BCUT2D eigenvalue weighted by Crippen LogP contribution is -2.49. The van der Waals surface area contributed by atoms with Crippen LogP contribution >= 0.6 is 11.6 Å². The number of nitrogens with zero attached hydrogens (tertiary/aromatic N) is 7. The van der Waals surface area contributed by atoms with Crippen molar-refractivity contribution in [1.29, 1.82) is 0 Å². The van der Waals surface area contributed by atoms with Gasteiger partial charge in [-0.15, -0.1) is 5.10 Å². The smallest absolute Gasteiger partial charge is 0.229 e. The third-order valence-electron chi connectivity index (χ3n) is 6.66. The molecule has 35 heavy (non-hydrogen) atoms. The van der Waals surface area contributed by atoms with Crippen molar-refractivity contribution in [1.82, 2.24) is 35.1 Å². The third-order valence-corrected chi connectivity index (χ3v) is 6.94. The number of tetrazole rings is 1. The molecule has 4 heterocycles. The van der Waals surface area contributed by atoms with Crippen molar-refractivity contribution in [2.45, 2.75) is 38.1 Å². The summed E-state index contributed by atoms with van der Waals surface area (Å²) >= 11 is 6.43. The molecule has 2 fully saturated rings. The minimum Gasteiger partial charge on any atom is -0.489 e. The molecule has 0 radical (unpaired) electrons. The van der Waals surface area contributed by atoms with E-state index in [1.807, 2.05) is 12.1 Å². The Morgan fingerprint density at radius 3 is 2.94 bits per heavy atom. The van der Waals surface area contributed by atoms with E-state index < -0.39 is 0 Å². The zero-order valence-corrected chi connectivity index (χ0v) is 20.2. The van der Waals surface area contributed by atoms with Crippen LogP contribution in [0.15, 0.2) is 30.7 Å². The van der Waals surface area contributed by atoms with Gasteiger partial charge in [-0.2, -0.15) is 9.67 Å². The number of aliphatic hydroxyl groups is 1. The number of anilines is 3. The molecule has 2 aliphatic heterocycles. The van der Waals surface area contributed by atoms with Crippen LogP contribution in [0.5, 0.6) is 5.75 Å². The first kappa shape index (κ1) is 23.7. The lowest BCUT2D eigenvalue weighted by atomic mass is 9.83. The van der Waals surface area contributed by atoms with Crippen LogP contribution in [-0.4, -0.2) is 79.1 Å². The topological polar surface area (TPSA) is 126 Å². The van der Waals surface area contributed by atoms with Gasteiger partial charge in [0.25, 0.3) is 0 Å². The summed E-state index contributed by atoms with van der Waals surface area (Å²) in [7, 11) is 0. The van der Waals surface area contributed by atoms with Gasteiger partial charge < -0.3 is 25.4 Å². The van der Waals surface area contributed by atoms with Gasteiger partial charge in [0.15, 0.2) is 5.82 Å². The van der Waals surface area contributed by atoms with Crippen LogP contribution in [0, 0.1) is 5.92 Å². The molecule has 0 spiro atoms. The van der Waals surface area contributed by atoms with E-state index in [1.165, 1.54) is 56.2 Å². The molecule has 3 N–H and O–H groups in total. The fourth-order valence-electron chi connectivity index (χ4n) is 5.05. The second kappa shape index (κ2) is 11.1. The molecule has 1 unspecified atom stereocenters. The van der Waals surface area contributed by atoms with Crippen molar-refractivity contribution in [2.24, 2.45) is 5.92 Å². The van der Waals surface area contributed by atoms with Crippen LogP contribution in [-0.2, 0) is 0 Å². The molecule has 0 amide bonds. The molecule has 2 aromatic heterocycles. The predicted molar refractivity (Wildman–Crippen MR) is 132 cm³/mol. The summed E-state index contributed by atoms with van der Waals surface area (Å²) in [6.45, 7) is 3.36. The largest absolute Gasteiger partial charge is 0.489 e. The average Bonchev–Trinajstić information content (AvgIpc) is 3.43. The molecule has 5 rings (SSSR count). The molecule has 2 saturated heterocycles. The molecule has 186 valence electrons. The van der Waals surface area contributed by atoms with Gasteiger partial charge in [0.1, 0.15) is 29.4 Å². The zero-order valence-electron chi connectivity index (χ0n) is 19.5. The Bertz CT molecular complexity index is 1110. The summed E-state index contributed by atoms with van der Waals surface area (Å²) in [5.74, 6) is 2.18. The summed E-state index contributed by atoms with van der Waals surface area (Å²) in [5.41, 5.74) is 1.35. The van der Waals surface area contributed by atoms with Crippen LogP contribution in [0.2, 0.25) is 5.02 Å². The molecule has 1 aromatic carbocycles. The highest BCUT2D eigenvalue weighted by Crippen LogP contribution is 2.32. The number of piperidine rings is 2. The Hall–Kier alpha value is -3.02. The maximum absolute atomic E-state index is 9.11. The number of aromatic nitrogens is 6. The Morgan fingerprint density at radius 2 is 2.09 bits per heavy atom. The number of ether oxygens (including phenoxy) is 1. The fraction of sp³-hybridized carbons (Fsp3) is 0.522. The number of hydrogen-bond acceptors (Lipinski definition) is 10. The standard InChI is InChI=1S/C23H30ClN9O2/c24-18-14-26-23(29-22(18)25-13-16-4-3-9-32-8-2-1-5-19(16)32)28-17-6-7-21(35-11-10-34)20(12-17)33-15-27-30-31-33/h6-7,12,14-16,19,34H,1-5,8-11,13H2,(H2,25,26,28,29)/t16-,19?/m0/s1. The molecule has 0 aliphatic carbocycles. The van der Waals surface area contributed by atoms with E-state index in [0.717, 1.165) is 12.2 Å². The zero-order chi connectivity index (χ0) is 24.0. The van der Waals surface area contributed by atoms with E-state index in [4.69, 9.17) is 21.4 Å². The first-order chi connectivity index (χ1) is 17.2. The van der Waals surface area contributed by atoms with E-state index in [1.54, 1.807) is 12.3 Å². The first-order valence-electron chi connectivity index (χ1n) is 12.1. The summed E-state index contributed by atoms with van der Waals surface area (Å²) in [6.07, 6.45) is 9.46. The molecule has 11 nitrogen and oxygen atoms in total. The van der Waals surface area contributed by atoms with E-state index >= 15 is 0 Å². The minimum atomic E-state index is -0.0942. The number of rotatable bonds is 9. The van der Waals surface area contributed by atoms with Gasteiger partial charge in [-0.05, 0) is 73.3 Å². The van der Waals surface area contributed by atoms with Crippen molar-refractivity contribution in [3.05, 3.63) is 35.7 Å². The molecule has 2 aliphatic rings. The van der Waals surface area contributed by atoms with E-state index in [0.29, 0.717) is 40.2 Å². The van der Waals surface area contributed by atoms with Crippen molar-refractivity contribution >= 4 is 29.1 Å². The molecule has 0 saturated carbocycles. The highest BCUT2D eigenvalue weighted by Gasteiger charge is 2.32. The van der Waals surface area contributed by atoms with Crippen molar-refractivity contribution in [3.63, 3.8) is 0 Å². The second-order valence-corrected chi connectivity index (χ2v) is 9.31. The fourth-order valence-corrected chi connectivity index (χ4v) is 5.20. The molecular formula is C23H30ClN9O2. The lowest BCUT2D eigenvalue weighted by molar-refractivity contribution is 0.0649. The average molecular weight is 500 g/mol. The van der Waals surface area contributed by atoms with Gasteiger partial charge in [-0.25, -0.2) is 4.98 Å². The first-order valence-corrected chi connectivity index (χ1v) is 12.5. The Kier molecular flexibility index (Phi) is 7.55. The van der Waals surface area contributed by atoms with Crippen molar-refractivity contribution in [2.75, 3.05) is 43.5 Å². The number of fused-ring (bicyclic) bond motifs is 1. The normalized spacial score (nSPS) is 20.3. The van der Waals surface area contributed by atoms with Gasteiger partial charge in [0, 0.05) is 18.3 Å². The highest BCUT2D eigenvalue weighted by molar-refractivity contribution is 6.32. The Labute approximate surface area is 208 Å². The Balaban J connectivity index is 1.29. The molecule has 12 heteroatoms. The maximum atomic E-state index is 9.11. The number of halogens is 1. The van der Waals surface area contributed by atoms with Gasteiger partial charge in [-0.3, -0.25) is 0 Å². The summed E-state index contributed by atoms with van der Waals surface area (Å²) in [4.78, 5) is 11.6. The maximum Gasteiger partial charge on any atom is 0.229 e. The van der Waals surface area contributed by atoms with Gasteiger partial charge in [-0.1, -0.05) is 18.0 Å². The highest BCUT2D eigenvalue weighted by atomic mass is 35.5. The third kappa shape index (κ3) is 5.63. The quantitative estimate of drug-likeness (QED) is 0.404. The minimum absolute atomic E-state index is 0.0942. The molecule has 3 aromatic rings.